The smallest absolute Gasteiger partial charge is 0.354 e. The third kappa shape index (κ3) is 4.88. The van der Waals surface area contributed by atoms with Crippen LogP contribution in [-0.2, 0) is 21.7 Å². The van der Waals surface area contributed by atoms with Crippen molar-refractivity contribution in [2.75, 3.05) is 0 Å². The Morgan fingerprint density at radius 1 is 0.697 bits per heavy atom. The topological polar surface area (TPSA) is 38.3 Å². The van der Waals surface area contributed by atoms with Gasteiger partial charge in [-0.25, -0.2) is 4.79 Å². The van der Waals surface area contributed by atoms with E-state index in [1.54, 1.807) is 6.08 Å². The average molecular weight is 434 g/mol. The van der Waals surface area contributed by atoms with E-state index in [1.165, 1.54) is 0 Å². The van der Waals surface area contributed by atoms with Gasteiger partial charge >= 0.3 is 5.97 Å². The van der Waals surface area contributed by atoms with Crippen molar-refractivity contribution in [1.82, 2.24) is 5.32 Å². The highest BCUT2D eigenvalue weighted by Gasteiger charge is 2.38. The highest BCUT2D eigenvalue weighted by atomic mass is 16.5. The molecular weight excluding hydrogens is 406 g/mol. The van der Waals surface area contributed by atoms with Crippen molar-refractivity contribution in [3.8, 4) is 0 Å². The maximum atomic E-state index is 13.2. The van der Waals surface area contributed by atoms with Gasteiger partial charge in [0.05, 0.1) is 0 Å². The molecule has 0 aliphatic heterocycles. The Labute approximate surface area is 195 Å². The van der Waals surface area contributed by atoms with Gasteiger partial charge in [-0.05, 0) is 29.2 Å². The molecule has 0 unspecified atom stereocenters. The van der Waals surface area contributed by atoms with Crippen LogP contribution in [0.2, 0.25) is 0 Å². The van der Waals surface area contributed by atoms with E-state index in [0.717, 1.165) is 22.3 Å². The summed E-state index contributed by atoms with van der Waals surface area (Å²) in [6, 6.07) is 40.2. The molecule has 0 aliphatic carbocycles. The number of hydrogen-bond donors (Lipinski definition) is 1. The van der Waals surface area contributed by atoms with Crippen LogP contribution in [0.25, 0.3) is 0 Å². The van der Waals surface area contributed by atoms with Gasteiger partial charge in [0.2, 0.25) is 0 Å². The van der Waals surface area contributed by atoms with Crippen molar-refractivity contribution in [2.45, 2.75) is 19.1 Å². The van der Waals surface area contributed by atoms with Crippen LogP contribution >= 0.6 is 0 Å². The van der Waals surface area contributed by atoms with Crippen LogP contribution in [0.4, 0.5) is 0 Å². The summed E-state index contributed by atoms with van der Waals surface area (Å²) in [6.45, 7) is 2.06. The van der Waals surface area contributed by atoms with E-state index < -0.39 is 11.5 Å². The van der Waals surface area contributed by atoms with Crippen LogP contribution in [-0.4, -0.2) is 5.97 Å². The Balaban J connectivity index is 1.77. The Morgan fingerprint density at radius 2 is 1.09 bits per heavy atom. The van der Waals surface area contributed by atoms with E-state index in [9.17, 15) is 4.79 Å². The molecule has 0 saturated heterocycles. The Bertz CT molecular complexity index is 1090. The van der Waals surface area contributed by atoms with Crippen LogP contribution < -0.4 is 5.32 Å². The van der Waals surface area contributed by atoms with Gasteiger partial charge in [-0.2, -0.15) is 0 Å². The van der Waals surface area contributed by atoms with Crippen molar-refractivity contribution < 1.29 is 9.53 Å². The fraction of sp³-hybridized carbons (Fsp3) is 0.100. The SMILES string of the molecule is CC=C(NC(c1ccccc1)(c1ccccc1)c1ccccc1)C(=O)OCc1ccccc1. The highest BCUT2D eigenvalue weighted by molar-refractivity contribution is 5.88. The third-order valence-corrected chi connectivity index (χ3v) is 5.66. The number of rotatable bonds is 8. The largest absolute Gasteiger partial charge is 0.456 e. The summed E-state index contributed by atoms with van der Waals surface area (Å²) in [6.07, 6.45) is 1.77. The van der Waals surface area contributed by atoms with Crippen LogP contribution in [0.5, 0.6) is 0 Å². The summed E-state index contributed by atoms with van der Waals surface area (Å²) < 4.78 is 5.66. The minimum absolute atomic E-state index is 0.216. The molecule has 0 amide bonds. The minimum atomic E-state index is -0.780. The van der Waals surface area contributed by atoms with Gasteiger partial charge in [0.1, 0.15) is 17.8 Å². The van der Waals surface area contributed by atoms with Gasteiger partial charge in [0.15, 0.2) is 0 Å². The monoisotopic (exact) mass is 433 g/mol. The van der Waals surface area contributed by atoms with E-state index >= 15 is 0 Å². The molecule has 33 heavy (non-hydrogen) atoms. The summed E-state index contributed by atoms with van der Waals surface area (Å²) in [5.74, 6) is -0.395. The van der Waals surface area contributed by atoms with E-state index in [0.29, 0.717) is 5.70 Å². The first kappa shape index (κ1) is 22.1. The lowest BCUT2D eigenvalue weighted by Crippen LogP contribution is -2.45. The van der Waals surface area contributed by atoms with Crippen LogP contribution in [0.3, 0.4) is 0 Å². The summed E-state index contributed by atoms with van der Waals surface area (Å²) in [4.78, 5) is 13.2. The lowest BCUT2D eigenvalue weighted by atomic mass is 9.76. The van der Waals surface area contributed by atoms with E-state index in [1.807, 2.05) is 91.9 Å². The Morgan fingerprint density at radius 3 is 1.48 bits per heavy atom. The minimum Gasteiger partial charge on any atom is -0.456 e. The standard InChI is InChI=1S/C30H27NO2/c1-2-28(29(32)33-23-24-15-7-3-8-16-24)31-30(25-17-9-4-10-18-25,26-19-11-5-12-20-26)27-21-13-6-14-22-27/h2-22,31H,23H2,1H3. The van der Waals surface area contributed by atoms with E-state index in [4.69, 9.17) is 4.74 Å². The molecule has 0 saturated carbocycles. The van der Waals surface area contributed by atoms with Gasteiger partial charge in [0.25, 0.3) is 0 Å². The lowest BCUT2D eigenvalue weighted by molar-refractivity contribution is -0.140. The fourth-order valence-corrected chi connectivity index (χ4v) is 4.02. The molecule has 4 aromatic rings. The highest BCUT2D eigenvalue weighted by Crippen LogP contribution is 2.37. The molecule has 0 bridgehead atoms. The van der Waals surface area contributed by atoms with Gasteiger partial charge in [-0.1, -0.05) is 127 Å². The van der Waals surface area contributed by atoms with Gasteiger partial charge in [0, 0.05) is 0 Å². The molecule has 0 aromatic heterocycles. The number of benzene rings is 4. The van der Waals surface area contributed by atoms with Crippen molar-refractivity contribution in [3.63, 3.8) is 0 Å². The maximum absolute atomic E-state index is 13.2. The molecule has 3 heteroatoms. The predicted octanol–water partition coefficient (Wildman–Crippen LogP) is 6.22. The number of carbonyl (C=O) groups excluding carboxylic acids is 1. The Hall–Kier alpha value is -4.11. The van der Waals surface area contributed by atoms with E-state index in [-0.39, 0.29) is 6.61 Å². The first-order valence-electron chi connectivity index (χ1n) is 11.1. The fourth-order valence-electron chi connectivity index (χ4n) is 4.02. The molecule has 4 aromatic carbocycles. The van der Waals surface area contributed by atoms with Crippen molar-refractivity contribution in [1.29, 1.82) is 0 Å². The average Bonchev–Trinajstić information content (AvgIpc) is 2.90. The summed E-state index contributed by atoms with van der Waals surface area (Å²) in [7, 11) is 0. The van der Waals surface area contributed by atoms with Crippen LogP contribution in [0, 0.1) is 0 Å². The van der Waals surface area contributed by atoms with Crippen molar-refractivity contribution >= 4 is 5.97 Å². The molecule has 0 spiro atoms. The van der Waals surface area contributed by atoms with E-state index in [2.05, 4.69) is 41.7 Å². The number of esters is 1. The predicted molar refractivity (Wildman–Crippen MR) is 132 cm³/mol. The summed E-state index contributed by atoms with van der Waals surface area (Å²) >= 11 is 0. The second-order valence-corrected chi connectivity index (χ2v) is 7.74. The number of allylic oxidation sites excluding steroid dienone is 1. The molecule has 3 nitrogen and oxygen atoms in total. The zero-order chi connectivity index (χ0) is 22.9. The molecule has 0 fully saturated rings. The first-order chi connectivity index (χ1) is 16.2. The second kappa shape index (κ2) is 10.5. The molecule has 0 radical (unpaired) electrons. The maximum Gasteiger partial charge on any atom is 0.354 e. The third-order valence-electron chi connectivity index (χ3n) is 5.66. The zero-order valence-corrected chi connectivity index (χ0v) is 18.6. The molecule has 4 rings (SSSR count). The van der Waals surface area contributed by atoms with Crippen LogP contribution in [0.15, 0.2) is 133 Å². The molecule has 1 N–H and O–H groups in total. The molecule has 0 heterocycles. The number of hydrogen-bond acceptors (Lipinski definition) is 3. The first-order valence-corrected chi connectivity index (χ1v) is 11.1. The van der Waals surface area contributed by atoms with Gasteiger partial charge in [-0.15, -0.1) is 0 Å². The van der Waals surface area contributed by atoms with Crippen molar-refractivity contribution in [3.05, 3.63) is 155 Å². The molecular formula is C30H27NO2. The summed E-state index contributed by atoms with van der Waals surface area (Å²) in [5, 5.41) is 3.59. The number of ether oxygens (including phenoxy) is 1. The quantitative estimate of drug-likeness (QED) is 0.204. The molecule has 0 aliphatic rings. The second-order valence-electron chi connectivity index (χ2n) is 7.74. The normalized spacial score (nSPS) is 11.6. The molecule has 0 atom stereocenters. The molecule has 164 valence electrons. The van der Waals surface area contributed by atoms with Crippen LogP contribution in [0.1, 0.15) is 29.2 Å². The van der Waals surface area contributed by atoms with Gasteiger partial charge < -0.3 is 10.1 Å². The van der Waals surface area contributed by atoms with Gasteiger partial charge in [-0.3, -0.25) is 0 Å². The number of carbonyl (C=O) groups is 1. The summed E-state index contributed by atoms with van der Waals surface area (Å²) in [5.41, 5.74) is 3.65. The number of nitrogens with one attached hydrogen (secondary N) is 1. The zero-order valence-electron chi connectivity index (χ0n) is 18.6. The Kier molecular flexibility index (Phi) is 7.01. The lowest BCUT2D eigenvalue weighted by Gasteiger charge is -2.38. The van der Waals surface area contributed by atoms with Crippen molar-refractivity contribution in [2.24, 2.45) is 0 Å².